The van der Waals surface area contributed by atoms with Crippen LogP contribution in [0.5, 0.6) is 0 Å². The summed E-state index contributed by atoms with van der Waals surface area (Å²) in [5, 5.41) is 13.0. The fraction of sp³-hybridized carbons (Fsp3) is 0.231. The Kier molecular flexibility index (Phi) is 3.54. The van der Waals surface area contributed by atoms with E-state index in [2.05, 4.69) is 9.97 Å². The van der Waals surface area contributed by atoms with E-state index in [1.165, 1.54) is 0 Å². The lowest BCUT2D eigenvalue weighted by atomic mass is 10.2. The molecular weight excluding hydrogens is 300 g/mol. The van der Waals surface area contributed by atoms with Gasteiger partial charge in [-0.15, -0.1) is 22.7 Å². The van der Waals surface area contributed by atoms with E-state index in [1.54, 1.807) is 41.9 Å². The summed E-state index contributed by atoms with van der Waals surface area (Å²) in [5.74, 6) is 0. The minimum Gasteiger partial charge on any atom is -0.393 e. The third-order valence-corrected chi connectivity index (χ3v) is 5.28. The van der Waals surface area contributed by atoms with Crippen molar-refractivity contribution in [1.29, 1.82) is 0 Å². The van der Waals surface area contributed by atoms with Crippen molar-refractivity contribution in [2.45, 2.75) is 19.4 Å². The molecule has 3 nitrogen and oxygen atoms in total. The summed E-state index contributed by atoms with van der Waals surface area (Å²) in [5.41, 5.74) is 1.83. The number of fused-ring (bicyclic) bond motifs is 1. The molecule has 3 heterocycles. The summed E-state index contributed by atoms with van der Waals surface area (Å²) in [6, 6.07) is 3.81. The summed E-state index contributed by atoms with van der Waals surface area (Å²) in [4.78, 5) is 9.92. The van der Waals surface area contributed by atoms with E-state index in [1.807, 2.05) is 11.4 Å². The van der Waals surface area contributed by atoms with Crippen molar-refractivity contribution in [3.63, 3.8) is 0 Å². The van der Waals surface area contributed by atoms with Gasteiger partial charge in [0.15, 0.2) is 0 Å². The van der Waals surface area contributed by atoms with Gasteiger partial charge in [0, 0.05) is 18.0 Å². The summed E-state index contributed by atoms with van der Waals surface area (Å²) in [6.07, 6.45) is 1.93. The van der Waals surface area contributed by atoms with Crippen molar-refractivity contribution >= 4 is 44.5 Å². The quantitative estimate of drug-likeness (QED) is 0.795. The van der Waals surface area contributed by atoms with Crippen LogP contribution >= 0.6 is 34.3 Å². The molecule has 0 aliphatic rings. The Morgan fingerprint density at radius 3 is 3.05 bits per heavy atom. The van der Waals surface area contributed by atoms with Crippen LogP contribution in [-0.2, 0) is 6.42 Å². The van der Waals surface area contributed by atoms with Gasteiger partial charge in [-0.1, -0.05) is 11.6 Å². The number of pyridine rings is 1. The molecule has 0 bridgehead atoms. The zero-order valence-electron chi connectivity index (χ0n) is 10.1. The van der Waals surface area contributed by atoms with Crippen molar-refractivity contribution in [2.75, 3.05) is 0 Å². The normalized spacial score (nSPS) is 13.0. The third kappa shape index (κ3) is 2.65. The first-order chi connectivity index (χ1) is 9.13. The third-order valence-electron chi connectivity index (χ3n) is 2.63. The van der Waals surface area contributed by atoms with Crippen LogP contribution in [0.25, 0.3) is 20.1 Å². The van der Waals surface area contributed by atoms with Crippen molar-refractivity contribution in [2.24, 2.45) is 0 Å². The van der Waals surface area contributed by atoms with E-state index in [0.29, 0.717) is 6.42 Å². The van der Waals surface area contributed by atoms with Crippen LogP contribution in [0.1, 0.15) is 12.6 Å². The predicted molar refractivity (Wildman–Crippen MR) is 81.1 cm³/mol. The summed E-state index contributed by atoms with van der Waals surface area (Å²) in [6.45, 7) is 1.77. The van der Waals surface area contributed by atoms with Gasteiger partial charge in [-0.2, -0.15) is 0 Å². The SMILES string of the molecule is CC(O)Cc1csc(-c2cc3nccc(Cl)c3s2)n1. The topological polar surface area (TPSA) is 46.0 Å². The van der Waals surface area contributed by atoms with Crippen LogP contribution in [0, 0.1) is 0 Å². The van der Waals surface area contributed by atoms with Gasteiger partial charge in [-0.05, 0) is 19.1 Å². The predicted octanol–water partition coefficient (Wildman–Crippen LogP) is 4.00. The van der Waals surface area contributed by atoms with E-state index in [-0.39, 0.29) is 6.10 Å². The van der Waals surface area contributed by atoms with E-state index < -0.39 is 0 Å². The lowest BCUT2D eigenvalue weighted by Crippen LogP contribution is -2.03. The number of halogens is 1. The fourth-order valence-electron chi connectivity index (χ4n) is 1.83. The second kappa shape index (κ2) is 5.17. The molecule has 98 valence electrons. The highest BCUT2D eigenvalue weighted by atomic mass is 35.5. The number of hydrogen-bond acceptors (Lipinski definition) is 5. The van der Waals surface area contributed by atoms with Crippen molar-refractivity contribution in [3.8, 4) is 9.88 Å². The molecule has 1 N–H and O–H groups in total. The fourth-order valence-corrected chi connectivity index (χ4v) is 4.01. The van der Waals surface area contributed by atoms with Crippen LogP contribution in [-0.4, -0.2) is 21.2 Å². The molecule has 1 atom stereocenters. The average Bonchev–Trinajstić information content (AvgIpc) is 2.94. The maximum Gasteiger partial charge on any atom is 0.133 e. The number of rotatable bonds is 3. The molecule has 3 aromatic heterocycles. The van der Waals surface area contributed by atoms with Crippen molar-refractivity contribution < 1.29 is 5.11 Å². The lowest BCUT2D eigenvalue weighted by molar-refractivity contribution is 0.194. The Hall–Kier alpha value is -1.01. The highest BCUT2D eigenvalue weighted by molar-refractivity contribution is 7.25. The molecule has 0 saturated carbocycles. The number of aliphatic hydroxyl groups is 1. The van der Waals surface area contributed by atoms with Gasteiger partial charge in [0.05, 0.1) is 31.9 Å². The zero-order valence-corrected chi connectivity index (χ0v) is 12.5. The van der Waals surface area contributed by atoms with Gasteiger partial charge < -0.3 is 5.11 Å². The number of nitrogens with zero attached hydrogens (tertiary/aromatic N) is 2. The molecule has 0 fully saturated rings. The number of thiazole rings is 1. The van der Waals surface area contributed by atoms with E-state index in [9.17, 15) is 5.11 Å². The molecule has 0 spiro atoms. The highest BCUT2D eigenvalue weighted by Crippen LogP contribution is 2.37. The van der Waals surface area contributed by atoms with Crippen molar-refractivity contribution in [3.05, 3.63) is 34.4 Å². The van der Waals surface area contributed by atoms with Gasteiger partial charge in [0.25, 0.3) is 0 Å². The Balaban J connectivity index is 2.00. The van der Waals surface area contributed by atoms with E-state index in [4.69, 9.17) is 11.6 Å². The van der Waals surface area contributed by atoms with Gasteiger partial charge >= 0.3 is 0 Å². The Labute approximate surface area is 123 Å². The largest absolute Gasteiger partial charge is 0.393 e. The first-order valence-corrected chi connectivity index (χ1v) is 7.88. The number of thiophene rings is 1. The summed E-state index contributed by atoms with van der Waals surface area (Å²) >= 11 is 9.34. The monoisotopic (exact) mass is 310 g/mol. The minimum absolute atomic E-state index is 0.367. The second-order valence-corrected chi connectivity index (χ2v) is 6.63. The molecule has 0 amide bonds. The number of hydrogen-bond donors (Lipinski definition) is 1. The summed E-state index contributed by atoms with van der Waals surface area (Å²) < 4.78 is 0.992. The molecule has 0 radical (unpaired) electrons. The molecule has 6 heteroatoms. The van der Waals surface area contributed by atoms with Gasteiger partial charge in [-0.25, -0.2) is 4.98 Å². The Morgan fingerprint density at radius 1 is 1.47 bits per heavy atom. The molecule has 3 aromatic rings. The average molecular weight is 311 g/mol. The highest BCUT2D eigenvalue weighted by Gasteiger charge is 2.12. The molecule has 0 aliphatic heterocycles. The van der Waals surface area contributed by atoms with Crippen LogP contribution < -0.4 is 0 Å². The minimum atomic E-state index is -0.367. The first kappa shape index (κ1) is 13.0. The molecule has 3 rings (SSSR count). The standard InChI is InChI=1S/C13H11ClN2OS2/c1-7(17)4-8-6-18-13(16-8)11-5-10-12(19-11)9(14)2-3-15-10/h2-3,5-7,17H,4H2,1H3. The Bertz CT molecular complexity index is 720. The molecule has 0 aromatic carbocycles. The molecule has 1 unspecified atom stereocenters. The van der Waals surface area contributed by atoms with Crippen LogP contribution in [0.2, 0.25) is 5.02 Å². The van der Waals surface area contributed by atoms with E-state index in [0.717, 1.165) is 30.8 Å². The first-order valence-electron chi connectivity index (χ1n) is 5.80. The molecular formula is C13H11ClN2OS2. The van der Waals surface area contributed by atoms with Gasteiger partial charge in [0.2, 0.25) is 0 Å². The Morgan fingerprint density at radius 2 is 2.32 bits per heavy atom. The van der Waals surface area contributed by atoms with Gasteiger partial charge in [0.1, 0.15) is 5.01 Å². The van der Waals surface area contributed by atoms with Crippen LogP contribution in [0.15, 0.2) is 23.7 Å². The van der Waals surface area contributed by atoms with Crippen LogP contribution in [0.3, 0.4) is 0 Å². The second-order valence-electron chi connectivity index (χ2n) is 4.31. The molecule has 19 heavy (non-hydrogen) atoms. The molecule has 0 aliphatic carbocycles. The maximum absolute atomic E-state index is 9.38. The molecule has 0 saturated heterocycles. The number of aliphatic hydroxyl groups excluding tert-OH is 1. The van der Waals surface area contributed by atoms with Gasteiger partial charge in [-0.3, -0.25) is 4.98 Å². The smallest absolute Gasteiger partial charge is 0.133 e. The van der Waals surface area contributed by atoms with Crippen LogP contribution in [0.4, 0.5) is 0 Å². The number of aromatic nitrogens is 2. The lowest BCUT2D eigenvalue weighted by Gasteiger charge is -1.98. The van der Waals surface area contributed by atoms with E-state index >= 15 is 0 Å². The maximum atomic E-state index is 9.38. The van der Waals surface area contributed by atoms with Crippen molar-refractivity contribution in [1.82, 2.24) is 9.97 Å². The summed E-state index contributed by atoms with van der Waals surface area (Å²) in [7, 11) is 0. The zero-order chi connectivity index (χ0) is 13.4.